The summed E-state index contributed by atoms with van der Waals surface area (Å²) in [4.78, 5) is 26.5. The molecule has 0 saturated heterocycles. The highest BCUT2D eigenvalue weighted by Crippen LogP contribution is 2.22. The molecule has 2 N–H and O–H groups in total. The molecule has 2 aromatic heterocycles. The van der Waals surface area contributed by atoms with Crippen LogP contribution in [0.15, 0.2) is 17.7 Å². The molecular weight excluding hydrogens is 278 g/mol. The predicted octanol–water partition coefficient (Wildman–Crippen LogP) is 1.09. The molecule has 0 radical (unpaired) electrons. The van der Waals surface area contributed by atoms with E-state index < -0.39 is 18.5 Å². The molecule has 18 heavy (non-hydrogen) atoms. The van der Waals surface area contributed by atoms with Gasteiger partial charge in [-0.25, -0.2) is 9.78 Å². The lowest BCUT2D eigenvalue weighted by atomic mass is 10.4. The fraction of sp³-hybridized carbons (Fsp3) is 0.100. The largest absolute Gasteiger partial charge is 0.452 e. The second-order valence-electron chi connectivity index (χ2n) is 3.25. The Labute approximate surface area is 111 Å². The lowest BCUT2D eigenvalue weighted by Gasteiger charge is -1.96. The van der Waals surface area contributed by atoms with E-state index in [0.717, 1.165) is 11.0 Å². The highest BCUT2D eigenvalue weighted by atomic mass is 35.5. The van der Waals surface area contributed by atoms with Crippen LogP contribution in [0.1, 0.15) is 5.69 Å². The molecule has 0 aliphatic heterocycles. The van der Waals surface area contributed by atoms with Gasteiger partial charge < -0.3 is 10.5 Å². The third-order valence-corrected chi connectivity index (χ3v) is 3.02. The summed E-state index contributed by atoms with van der Waals surface area (Å²) in [5, 5.41) is 2.14. The van der Waals surface area contributed by atoms with Gasteiger partial charge in [-0.15, -0.1) is 11.3 Å². The third kappa shape index (κ3) is 2.69. The van der Waals surface area contributed by atoms with E-state index in [-0.39, 0.29) is 0 Å². The van der Waals surface area contributed by atoms with Crippen molar-refractivity contribution in [2.45, 2.75) is 0 Å². The summed E-state index contributed by atoms with van der Waals surface area (Å²) in [6.07, 6.45) is 4.42. The van der Waals surface area contributed by atoms with E-state index >= 15 is 0 Å². The number of imidazole rings is 1. The van der Waals surface area contributed by atoms with Crippen LogP contribution in [0.25, 0.3) is 11.0 Å². The Bertz CT molecular complexity index is 631. The molecule has 1 amide bonds. The predicted molar refractivity (Wildman–Crippen MR) is 67.3 cm³/mol. The zero-order chi connectivity index (χ0) is 13.1. The Morgan fingerprint density at radius 3 is 3.11 bits per heavy atom. The van der Waals surface area contributed by atoms with Crippen LogP contribution in [0.3, 0.4) is 0 Å². The van der Waals surface area contributed by atoms with Crippen molar-refractivity contribution in [3.63, 3.8) is 0 Å². The van der Waals surface area contributed by atoms with Crippen LogP contribution in [0.5, 0.6) is 0 Å². The highest BCUT2D eigenvalue weighted by Gasteiger charge is 2.09. The van der Waals surface area contributed by atoms with Gasteiger partial charge in [-0.05, 0) is 6.08 Å². The number of hydrogen-bond acceptors (Lipinski definition) is 5. The Morgan fingerprint density at radius 2 is 2.39 bits per heavy atom. The number of amides is 1. The fourth-order valence-corrected chi connectivity index (χ4v) is 2.27. The van der Waals surface area contributed by atoms with Gasteiger partial charge in [-0.3, -0.25) is 9.20 Å². The highest BCUT2D eigenvalue weighted by molar-refractivity contribution is 7.15. The minimum Gasteiger partial charge on any atom is -0.452 e. The van der Waals surface area contributed by atoms with E-state index in [2.05, 4.69) is 9.72 Å². The zero-order valence-electron chi connectivity index (χ0n) is 9.00. The first-order chi connectivity index (χ1) is 8.58. The van der Waals surface area contributed by atoms with Crippen LogP contribution in [-0.4, -0.2) is 27.9 Å². The molecular formula is C10H8ClN3O3S. The number of carbonyl (C=O) groups excluding carboxylic acids is 2. The van der Waals surface area contributed by atoms with Gasteiger partial charge in [0.25, 0.3) is 5.91 Å². The number of fused-ring (bicyclic) bond motifs is 1. The number of primary amides is 1. The zero-order valence-corrected chi connectivity index (χ0v) is 10.6. The summed E-state index contributed by atoms with van der Waals surface area (Å²) in [5.41, 5.74) is 5.42. The van der Waals surface area contributed by atoms with Gasteiger partial charge in [0.2, 0.25) is 0 Å². The number of halogens is 1. The van der Waals surface area contributed by atoms with E-state index in [1.165, 1.54) is 17.4 Å². The maximum atomic E-state index is 11.2. The Balaban J connectivity index is 2.13. The molecule has 0 fully saturated rings. The van der Waals surface area contributed by atoms with Gasteiger partial charge in [0.15, 0.2) is 16.7 Å². The first-order valence-corrected chi connectivity index (χ1v) is 6.08. The summed E-state index contributed by atoms with van der Waals surface area (Å²) in [6, 6.07) is 0. The van der Waals surface area contributed by atoms with E-state index in [0.29, 0.717) is 10.8 Å². The Kier molecular flexibility index (Phi) is 3.63. The van der Waals surface area contributed by atoms with Crippen molar-refractivity contribution in [3.05, 3.63) is 28.5 Å². The van der Waals surface area contributed by atoms with Gasteiger partial charge in [-0.2, -0.15) is 0 Å². The minimum absolute atomic E-state index is 0.292. The van der Waals surface area contributed by atoms with Crippen molar-refractivity contribution in [2.75, 3.05) is 6.61 Å². The van der Waals surface area contributed by atoms with Gasteiger partial charge in [0.05, 0.1) is 5.69 Å². The van der Waals surface area contributed by atoms with Crippen molar-refractivity contribution < 1.29 is 14.3 Å². The van der Waals surface area contributed by atoms with E-state index in [1.54, 1.807) is 10.6 Å². The van der Waals surface area contributed by atoms with Gasteiger partial charge in [0, 0.05) is 17.7 Å². The molecule has 0 saturated carbocycles. The average molecular weight is 286 g/mol. The molecule has 0 bridgehead atoms. The lowest BCUT2D eigenvalue weighted by Crippen LogP contribution is -2.19. The smallest absolute Gasteiger partial charge is 0.331 e. The van der Waals surface area contributed by atoms with Crippen LogP contribution in [0, 0.1) is 0 Å². The maximum Gasteiger partial charge on any atom is 0.331 e. The number of carbonyl (C=O) groups is 2. The minimum atomic E-state index is -0.709. The maximum absolute atomic E-state index is 11.2. The lowest BCUT2D eigenvalue weighted by molar-refractivity contribution is -0.142. The molecule has 0 aliphatic rings. The van der Waals surface area contributed by atoms with Crippen molar-refractivity contribution in [2.24, 2.45) is 5.73 Å². The van der Waals surface area contributed by atoms with Crippen LogP contribution in [0.4, 0.5) is 0 Å². The first kappa shape index (κ1) is 12.6. The quantitative estimate of drug-likeness (QED) is 0.673. The van der Waals surface area contributed by atoms with E-state index in [1.807, 2.05) is 5.38 Å². The molecule has 6 nitrogen and oxygen atoms in total. The number of thiazole rings is 1. The third-order valence-electron chi connectivity index (χ3n) is 1.99. The van der Waals surface area contributed by atoms with Crippen molar-refractivity contribution >= 4 is 45.9 Å². The van der Waals surface area contributed by atoms with Crippen LogP contribution >= 0.6 is 22.9 Å². The number of nitrogens with two attached hydrogens (primary N) is 1. The molecule has 0 spiro atoms. The van der Waals surface area contributed by atoms with Crippen LogP contribution < -0.4 is 5.73 Å². The topological polar surface area (TPSA) is 86.7 Å². The molecule has 8 heteroatoms. The molecule has 94 valence electrons. The molecule has 2 aromatic rings. The fourth-order valence-electron chi connectivity index (χ4n) is 1.26. The number of ether oxygens (including phenoxy) is 1. The van der Waals surface area contributed by atoms with Gasteiger partial charge >= 0.3 is 5.97 Å². The van der Waals surface area contributed by atoms with E-state index in [4.69, 9.17) is 17.3 Å². The summed E-state index contributed by atoms with van der Waals surface area (Å²) < 4.78 is 6.31. The average Bonchev–Trinajstić information content (AvgIpc) is 2.84. The van der Waals surface area contributed by atoms with Gasteiger partial charge in [0.1, 0.15) is 0 Å². The second kappa shape index (κ2) is 5.19. The standard InChI is InChI=1S/C10H8ClN3O3S/c11-9-6(14-3-4-18-10(14)13-9)1-2-8(16)17-5-7(12)15/h1-4H,5H2,(H2,12,15)/b2-1+. The normalized spacial score (nSPS) is 11.2. The Morgan fingerprint density at radius 1 is 1.61 bits per heavy atom. The monoisotopic (exact) mass is 285 g/mol. The summed E-state index contributed by atoms with van der Waals surface area (Å²) in [6.45, 7) is -0.447. The number of esters is 1. The molecule has 0 aliphatic carbocycles. The molecule has 2 rings (SSSR count). The van der Waals surface area contributed by atoms with Crippen LogP contribution in [0.2, 0.25) is 5.15 Å². The first-order valence-electron chi connectivity index (χ1n) is 4.82. The Hall–Kier alpha value is -1.86. The van der Waals surface area contributed by atoms with Gasteiger partial charge in [-0.1, -0.05) is 11.6 Å². The summed E-state index contributed by atoms with van der Waals surface area (Å²) >= 11 is 7.34. The molecule has 0 aromatic carbocycles. The van der Waals surface area contributed by atoms with Crippen LogP contribution in [-0.2, 0) is 14.3 Å². The molecule has 0 atom stereocenters. The number of aromatic nitrogens is 2. The van der Waals surface area contributed by atoms with Crippen molar-refractivity contribution in [3.8, 4) is 0 Å². The molecule has 2 heterocycles. The number of nitrogens with zero attached hydrogens (tertiary/aromatic N) is 2. The van der Waals surface area contributed by atoms with Crippen molar-refractivity contribution in [1.82, 2.24) is 9.38 Å². The SMILES string of the molecule is NC(=O)COC(=O)/C=C/c1c(Cl)nc2sccn12. The molecule has 0 unspecified atom stereocenters. The second-order valence-corrected chi connectivity index (χ2v) is 4.48. The number of rotatable bonds is 4. The number of hydrogen-bond donors (Lipinski definition) is 1. The summed E-state index contributed by atoms with van der Waals surface area (Å²) in [7, 11) is 0. The van der Waals surface area contributed by atoms with Crippen molar-refractivity contribution in [1.29, 1.82) is 0 Å². The summed E-state index contributed by atoms with van der Waals surface area (Å²) in [5.74, 6) is -1.38. The van der Waals surface area contributed by atoms with E-state index in [9.17, 15) is 9.59 Å².